The van der Waals surface area contributed by atoms with Crippen LogP contribution in [0.1, 0.15) is 105 Å². The van der Waals surface area contributed by atoms with E-state index in [0.29, 0.717) is 37.0 Å². The van der Waals surface area contributed by atoms with Gasteiger partial charge in [-0.05, 0) is 87.5 Å². The van der Waals surface area contributed by atoms with Gasteiger partial charge < -0.3 is 20.5 Å². The van der Waals surface area contributed by atoms with Gasteiger partial charge in [-0.3, -0.25) is 19.2 Å². The summed E-state index contributed by atoms with van der Waals surface area (Å²) in [5, 5.41) is 14.2. The molecule has 222 valence electrons. The standard InChI is InChI=1S/C31H46N2O7/c1-5-6-24(29(38)39)33-28(37)18(2)32-26(35)11-12-27(36)40-25-10-9-22-21-8-7-19-17-20(34)13-15-30(19,3)23(21)14-16-31(22,25)4/h17-18,21-25H,5-16H2,1-4H3,(H,32,35)(H,33,37)(H,38,39)/t18?,21?,22?,23?,24?,25?,30-,31-/m0/s1. The molecule has 3 saturated carbocycles. The third kappa shape index (κ3) is 5.98. The molecule has 8 atom stereocenters. The van der Waals surface area contributed by atoms with Crippen molar-refractivity contribution >= 4 is 29.5 Å². The van der Waals surface area contributed by atoms with E-state index in [9.17, 15) is 29.1 Å². The Morgan fingerprint density at radius 2 is 1.77 bits per heavy atom. The molecule has 0 aromatic rings. The fourth-order valence-corrected chi connectivity index (χ4v) is 8.36. The van der Waals surface area contributed by atoms with Crippen LogP contribution in [0.2, 0.25) is 0 Å². The van der Waals surface area contributed by atoms with Crippen LogP contribution in [-0.4, -0.2) is 52.8 Å². The average molecular weight is 559 g/mol. The maximum atomic E-state index is 12.8. The van der Waals surface area contributed by atoms with Crippen LogP contribution < -0.4 is 10.6 Å². The third-order valence-electron chi connectivity index (χ3n) is 10.7. The number of carboxylic acids is 1. The number of carbonyl (C=O) groups excluding carboxylic acids is 4. The molecule has 4 aliphatic rings. The van der Waals surface area contributed by atoms with Crippen LogP contribution in [0.4, 0.5) is 0 Å². The van der Waals surface area contributed by atoms with Crippen LogP contribution in [0, 0.1) is 28.6 Å². The van der Waals surface area contributed by atoms with Crippen LogP contribution in [-0.2, 0) is 28.7 Å². The lowest BCUT2D eigenvalue weighted by Gasteiger charge is -2.57. The fourth-order valence-electron chi connectivity index (χ4n) is 8.36. The third-order valence-corrected chi connectivity index (χ3v) is 10.7. The molecule has 9 heteroatoms. The van der Waals surface area contributed by atoms with Crippen molar-refractivity contribution in [2.75, 3.05) is 0 Å². The summed E-state index contributed by atoms with van der Waals surface area (Å²) < 4.78 is 6.00. The number of ketones is 1. The lowest BCUT2D eigenvalue weighted by atomic mass is 9.47. The second-order valence-electron chi connectivity index (χ2n) is 13.0. The minimum atomic E-state index is -1.11. The van der Waals surface area contributed by atoms with Crippen molar-refractivity contribution in [1.82, 2.24) is 10.6 Å². The Hall–Kier alpha value is -2.71. The Kier molecular flexibility index (Phi) is 9.10. The average Bonchev–Trinajstić information content (AvgIpc) is 3.23. The number of hydrogen-bond acceptors (Lipinski definition) is 6. The summed E-state index contributed by atoms with van der Waals surface area (Å²) in [4.78, 5) is 60.9. The molecule has 0 spiro atoms. The van der Waals surface area contributed by atoms with Crippen molar-refractivity contribution in [2.45, 2.75) is 123 Å². The molecule has 0 aromatic carbocycles. The number of aliphatic carboxylic acids is 1. The number of nitrogens with one attached hydrogen (secondary N) is 2. The van der Waals surface area contributed by atoms with Crippen LogP contribution in [0.15, 0.2) is 11.6 Å². The number of hydrogen-bond donors (Lipinski definition) is 3. The summed E-state index contributed by atoms with van der Waals surface area (Å²) in [5.41, 5.74) is 1.38. The van der Waals surface area contributed by atoms with Gasteiger partial charge in [0, 0.05) is 18.3 Å². The highest BCUT2D eigenvalue weighted by atomic mass is 16.5. The molecule has 0 bridgehead atoms. The lowest BCUT2D eigenvalue weighted by molar-refractivity contribution is -0.160. The van der Waals surface area contributed by atoms with Crippen molar-refractivity contribution < 1.29 is 33.8 Å². The van der Waals surface area contributed by atoms with Crippen molar-refractivity contribution in [1.29, 1.82) is 0 Å². The molecule has 2 amide bonds. The normalized spacial score (nSPS) is 34.3. The second-order valence-corrected chi connectivity index (χ2v) is 13.0. The number of fused-ring (bicyclic) bond motifs is 5. The molecule has 0 aromatic heterocycles. The topological polar surface area (TPSA) is 139 Å². The molecule has 6 unspecified atom stereocenters. The summed E-state index contributed by atoms with van der Waals surface area (Å²) in [6.45, 7) is 7.95. The summed E-state index contributed by atoms with van der Waals surface area (Å²) in [6, 6.07) is -1.91. The first-order valence-electron chi connectivity index (χ1n) is 15.1. The molecular formula is C31H46N2O7. The number of esters is 1. The summed E-state index contributed by atoms with van der Waals surface area (Å²) in [5.74, 6) is -0.633. The Bertz CT molecular complexity index is 1070. The van der Waals surface area contributed by atoms with Crippen molar-refractivity contribution in [3.05, 3.63) is 11.6 Å². The van der Waals surface area contributed by atoms with Gasteiger partial charge in [-0.2, -0.15) is 0 Å². The first-order valence-corrected chi connectivity index (χ1v) is 15.1. The first kappa shape index (κ1) is 30.3. The molecule has 0 radical (unpaired) electrons. The number of carbonyl (C=O) groups is 5. The van der Waals surface area contributed by atoms with Crippen molar-refractivity contribution in [2.24, 2.45) is 28.6 Å². The Morgan fingerprint density at radius 3 is 2.48 bits per heavy atom. The van der Waals surface area contributed by atoms with E-state index in [1.165, 1.54) is 12.5 Å². The van der Waals surface area contributed by atoms with Gasteiger partial charge in [0.2, 0.25) is 11.8 Å². The predicted molar refractivity (Wildman–Crippen MR) is 148 cm³/mol. The van der Waals surface area contributed by atoms with E-state index in [2.05, 4.69) is 24.5 Å². The summed E-state index contributed by atoms with van der Waals surface area (Å²) >= 11 is 0. The van der Waals surface area contributed by atoms with Gasteiger partial charge in [0.1, 0.15) is 18.2 Å². The van der Waals surface area contributed by atoms with Gasteiger partial charge in [0.15, 0.2) is 5.78 Å². The van der Waals surface area contributed by atoms with Crippen molar-refractivity contribution in [3.63, 3.8) is 0 Å². The minimum Gasteiger partial charge on any atom is -0.480 e. The molecule has 3 fully saturated rings. The number of rotatable bonds is 10. The highest BCUT2D eigenvalue weighted by Crippen LogP contribution is 2.65. The predicted octanol–water partition coefficient (Wildman–Crippen LogP) is 4.08. The van der Waals surface area contributed by atoms with E-state index in [0.717, 1.165) is 44.9 Å². The van der Waals surface area contributed by atoms with Gasteiger partial charge in [-0.25, -0.2) is 4.79 Å². The van der Waals surface area contributed by atoms with Crippen LogP contribution in [0.3, 0.4) is 0 Å². The zero-order chi connectivity index (χ0) is 29.2. The summed E-state index contributed by atoms with van der Waals surface area (Å²) in [7, 11) is 0. The Labute approximate surface area is 237 Å². The molecule has 9 nitrogen and oxygen atoms in total. The zero-order valence-corrected chi connectivity index (χ0v) is 24.4. The molecule has 0 heterocycles. The monoisotopic (exact) mass is 558 g/mol. The number of amides is 2. The number of carboxylic acid groups (broad SMARTS) is 1. The van der Waals surface area contributed by atoms with E-state index in [4.69, 9.17) is 4.74 Å². The largest absolute Gasteiger partial charge is 0.480 e. The van der Waals surface area contributed by atoms with E-state index >= 15 is 0 Å². The van der Waals surface area contributed by atoms with E-state index in [1.807, 2.05) is 13.0 Å². The van der Waals surface area contributed by atoms with Crippen LogP contribution in [0.5, 0.6) is 0 Å². The first-order chi connectivity index (χ1) is 18.9. The molecule has 40 heavy (non-hydrogen) atoms. The van der Waals surface area contributed by atoms with Crippen LogP contribution in [0.25, 0.3) is 0 Å². The van der Waals surface area contributed by atoms with Gasteiger partial charge in [0.25, 0.3) is 0 Å². The highest BCUT2D eigenvalue weighted by molar-refractivity contribution is 5.92. The lowest BCUT2D eigenvalue weighted by Crippen LogP contribution is -2.51. The van der Waals surface area contributed by atoms with E-state index in [1.54, 1.807) is 0 Å². The Morgan fingerprint density at radius 1 is 1.02 bits per heavy atom. The van der Waals surface area contributed by atoms with Gasteiger partial charge in [0.05, 0.1) is 6.42 Å². The van der Waals surface area contributed by atoms with Gasteiger partial charge >= 0.3 is 11.9 Å². The Balaban J connectivity index is 1.27. The van der Waals surface area contributed by atoms with Gasteiger partial charge in [-0.15, -0.1) is 0 Å². The molecule has 0 saturated heterocycles. The van der Waals surface area contributed by atoms with E-state index < -0.39 is 35.8 Å². The molecule has 3 N–H and O–H groups in total. The van der Waals surface area contributed by atoms with Crippen molar-refractivity contribution in [3.8, 4) is 0 Å². The second kappa shape index (κ2) is 12.0. The maximum absolute atomic E-state index is 12.8. The van der Waals surface area contributed by atoms with Gasteiger partial charge in [-0.1, -0.05) is 32.8 Å². The summed E-state index contributed by atoms with van der Waals surface area (Å²) in [6.07, 6.45) is 10.1. The number of ether oxygens (including phenoxy) is 1. The zero-order valence-electron chi connectivity index (χ0n) is 24.4. The number of allylic oxidation sites excluding steroid dienone is 1. The SMILES string of the molecule is CCCC(NC(=O)C(C)NC(=O)CCC(=O)OC1CCC2C3CCC4=CC(=O)CC[C@]4(C)C3CC[C@]12C)C(=O)O. The smallest absolute Gasteiger partial charge is 0.326 e. The van der Waals surface area contributed by atoms with E-state index in [-0.39, 0.29) is 35.6 Å². The molecular weight excluding hydrogens is 512 g/mol. The fraction of sp³-hybridized carbons (Fsp3) is 0.774. The molecule has 4 rings (SSSR count). The highest BCUT2D eigenvalue weighted by Gasteiger charge is 2.60. The minimum absolute atomic E-state index is 0.0721. The maximum Gasteiger partial charge on any atom is 0.326 e. The van der Waals surface area contributed by atoms with Crippen LogP contribution >= 0.6 is 0 Å². The molecule has 0 aliphatic heterocycles. The molecule has 4 aliphatic carbocycles. The quantitative estimate of drug-likeness (QED) is 0.343.